The second kappa shape index (κ2) is 8.59. The lowest BCUT2D eigenvalue weighted by molar-refractivity contribution is -0.123. The van der Waals surface area contributed by atoms with E-state index < -0.39 is 0 Å². The number of carbonyl (C=O) groups is 1. The molecular weight excluding hydrogens is 348 g/mol. The standard InChI is InChI=1S/C23H28N4O/c24-13-7-2-8-14-25-23(28)20-15-18-17-11-5-6-12-19(17)26-22(18)21(27-20)16-9-3-1-4-10-16/h1,3-6,9-12,20-21,26-27H,2,7-8,13-15,24H2,(H,25,28)/t20-,21?/m0/s1. The summed E-state index contributed by atoms with van der Waals surface area (Å²) in [6.45, 7) is 1.41. The number of amides is 1. The number of aromatic amines is 1. The fourth-order valence-corrected chi connectivity index (χ4v) is 4.09. The van der Waals surface area contributed by atoms with Crippen molar-refractivity contribution in [2.45, 2.75) is 37.8 Å². The van der Waals surface area contributed by atoms with E-state index in [0.717, 1.165) is 30.3 Å². The maximum atomic E-state index is 12.9. The van der Waals surface area contributed by atoms with Gasteiger partial charge < -0.3 is 16.0 Å². The molecular formula is C23H28N4O. The van der Waals surface area contributed by atoms with E-state index in [2.05, 4.69) is 45.9 Å². The minimum Gasteiger partial charge on any atom is -0.357 e. The molecule has 0 fully saturated rings. The molecule has 0 spiro atoms. The summed E-state index contributed by atoms with van der Waals surface area (Å²) >= 11 is 0. The minimum absolute atomic E-state index is 0.0228. The molecule has 0 saturated heterocycles. The quantitative estimate of drug-likeness (QED) is 0.478. The topological polar surface area (TPSA) is 82.9 Å². The number of aromatic nitrogens is 1. The van der Waals surface area contributed by atoms with Gasteiger partial charge in [-0.15, -0.1) is 0 Å². The molecule has 5 N–H and O–H groups in total. The number of unbranched alkanes of at least 4 members (excludes halogenated alkanes) is 2. The Labute approximate surface area is 165 Å². The van der Waals surface area contributed by atoms with Crippen molar-refractivity contribution in [1.29, 1.82) is 0 Å². The van der Waals surface area contributed by atoms with Gasteiger partial charge in [0.25, 0.3) is 0 Å². The molecule has 0 radical (unpaired) electrons. The zero-order valence-corrected chi connectivity index (χ0v) is 16.1. The molecule has 0 aliphatic carbocycles. The molecule has 4 rings (SSSR count). The Hall–Kier alpha value is -2.63. The fraction of sp³-hybridized carbons (Fsp3) is 0.348. The molecule has 1 aliphatic rings. The number of H-pyrrole nitrogens is 1. The van der Waals surface area contributed by atoms with Gasteiger partial charge in [0, 0.05) is 23.1 Å². The molecule has 1 amide bonds. The summed E-state index contributed by atoms with van der Waals surface area (Å²) in [5.74, 6) is 0.0737. The first-order valence-electron chi connectivity index (χ1n) is 10.2. The van der Waals surface area contributed by atoms with Gasteiger partial charge >= 0.3 is 0 Å². The van der Waals surface area contributed by atoms with Crippen LogP contribution in [0.25, 0.3) is 10.9 Å². The summed E-state index contributed by atoms with van der Waals surface area (Å²) in [5.41, 5.74) is 10.2. The van der Waals surface area contributed by atoms with Crippen LogP contribution in [0.4, 0.5) is 0 Å². The molecule has 5 heteroatoms. The molecule has 0 bridgehead atoms. The Balaban J connectivity index is 1.59. The van der Waals surface area contributed by atoms with E-state index in [1.807, 2.05) is 24.3 Å². The van der Waals surface area contributed by atoms with Crippen LogP contribution in [0.5, 0.6) is 0 Å². The molecule has 3 aromatic rings. The number of hydrogen-bond donors (Lipinski definition) is 4. The lowest BCUT2D eigenvalue weighted by Crippen LogP contribution is -2.50. The monoisotopic (exact) mass is 376 g/mol. The Kier molecular flexibility index (Phi) is 5.74. The van der Waals surface area contributed by atoms with Crippen LogP contribution < -0.4 is 16.4 Å². The van der Waals surface area contributed by atoms with Gasteiger partial charge in [-0.1, -0.05) is 55.0 Å². The number of fused-ring (bicyclic) bond motifs is 3. The first-order valence-corrected chi connectivity index (χ1v) is 10.2. The van der Waals surface area contributed by atoms with Gasteiger partial charge in [-0.3, -0.25) is 10.1 Å². The maximum absolute atomic E-state index is 12.9. The number of nitrogens with one attached hydrogen (secondary N) is 3. The number of carbonyl (C=O) groups excluding carboxylic acids is 1. The number of rotatable bonds is 7. The smallest absolute Gasteiger partial charge is 0.237 e. The third-order valence-corrected chi connectivity index (χ3v) is 5.54. The van der Waals surface area contributed by atoms with E-state index >= 15 is 0 Å². The van der Waals surface area contributed by atoms with Gasteiger partial charge in [0.2, 0.25) is 5.91 Å². The molecule has 5 nitrogen and oxygen atoms in total. The predicted octanol–water partition coefficient (Wildman–Crippen LogP) is 3.02. The zero-order valence-electron chi connectivity index (χ0n) is 16.1. The van der Waals surface area contributed by atoms with Crippen molar-refractivity contribution >= 4 is 16.8 Å². The average Bonchev–Trinajstić information content (AvgIpc) is 3.12. The van der Waals surface area contributed by atoms with Gasteiger partial charge in [0.15, 0.2) is 0 Å². The van der Waals surface area contributed by atoms with Crippen LogP contribution >= 0.6 is 0 Å². The van der Waals surface area contributed by atoms with Crippen molar-refractivity contribution in [2.24, 2.45) is 5.73 Å². The molecule has 1 aliphatic heterocycles. The van der Waals surface area contributed by atoms with Crippen molar-refractivity contribution in [3.8, 4) is 0 Å². The Morgan fingerprint density at radius 3 is 2.64 bits per heavy atom. The summed E-state index contributed by atoms with van der Waals surface area (Å²) in [6, 6.07) is 18.4. The third kappa shape index (κ3) is 3.81. The van der Waals surface area contributed by atoms with E-state index in [1.54, 1.807) is 0 Å². The van der Waals surface area contributed by atoms with Gasteiger partial charge in [0.1, 0.15) is 0 Å². The molecule has 0 saturated carbocycles. The Morgan fingerprint density at radius 1 is 1.04 bits per heavy atom. The second-order valence-corrected chi connectivity index (χ2v) is 7.47. The number of hydrogen-bond acceptors (Lipinski definition) is 3. The van der Waals surface area contributed by atoms with Gasteiger partial charge in [-0.05, 0) is 43.0 Å². The Bertz CT molecular complexity index is 934. The van der Waals surface area contributed by atoms with Crippen LogP contribution in [-0.4, -0.2) is 30.0 Å². The van der Waals surface area contributed by atoms with Crippen molar-refractivity contribution in [2.75, 3.05) is 13.1 Å². The van der Waals surface area contributed by atoms with Crippen molar-refractivity contribution < 1.29 is 4.79 Å². The second-order valence-electron chi connectivity index (χ2n) is 7.47. The summed E-state index contributed by atoms with van der Waals surface area (Å²) in [4.78, 5) is 16.5. The van der Waals surface area contributed by atoms with E-state index in [1.165, 1.54) is 16.6 Å². The van der Waals surface area contributed by atoms with Crippen molar-refractivity contribution in [3.63, 3.8) is 0 Å². The van der Waals surface area contributed by atoms with E-state index in [9.17, 15) is 4.79 Å². The number of para-hydroxylation sites is 1. The zero-order chi connectivity index (χ0) is 19.3. The Morgan fingerprint density at radius 2 is 1.82 bits per heavy atom. The predicted molar refractivity (Wildman–Crippen MR) is 113 cm³/mol. The molecule has 28 heavy (non-hydrogen) atoms. The largest absolute Gasteiger partial charge is 0.357 e. The van der Waals surface area contributed by atoms with Crippen LogP contribution in [0.3, 0.4) is 0 Å². The first-order chi connectivity index (χ1) is 13.8. The number of benzene rings is 2. The molecule has 2 heterocycles. The molecule has 2 aromatic carbocycles. The lowest BCUT2D eigenvalue weighted by atomic mass is 9.90. The maximum Gasteiger partial charge on any atom is 0.237 e. The first kappa shape index (κ1) is 18.7. The van der Waals surface area contributed by atoms with Crippen LogP contribution in [0.1, 0.15) is 42.1 Å². The van der Waals surface area contributed by atoms with E-state index in [0.29, 0.717) is 19.5 Å². The van der Waals surface area contributed by atoms with Crippen LogP contribution in [-0.2, 0) is 11.2 Å². The molecule has 2 atom stereocenters. The molecule has 146 valence electrons. The van der Waals surface area contributed by atoms with Gasteiger partial charge in [-0.25, -0.2) is 0 Å². The highest BCUT2D eigenvalue weighted by Crippen LogP contribution is 2.35. The molecule has 1 unspecified atom stereocenters. The highest BCUT2D eigenvalue weighted by Gasteiger charge is 2.33. The highest BCUT2D eigenvalue weighted by molar-refractivity contribution is 5.88. The van der Waals surface area contributed by atoms with Crippen LogP contribution in [0.15, 0.2) is 54.6 Å². The number of nitrogens with two attached hydrogens (primary N) is 1. The summed E-state index contributed by atoms with van der Waals surface area (Å²) in [7, 11) is 0. The van der Waals surface area contributed by atoms with Crippen molar-refractivity contribution in [1.82, 2.24) is 15.6 Å². The minimum atomic E-state index is -0.244. The fourth-order valence-electron chi connectivity index (χ4n) is 4.09. The SMILES string of the molecule is NCCCCCNC(=O)[C@@H]1Cc2c([nH]c3ccccc23)C(c2ccccc2)N1. The van der Waals surface area contributed by atoms with Crippen LogP contribution in [0.2, 0.25) is 0 Å². The average molecular weight is 377 g/mol. The summed E-state index contributed by atoms with van der Waals surface area (Å²) < 4.78 is 0. The van der Waals surface area contributed by atoms with Crippen molar-refractivity contribution in [3.05, 3.63) is 71.4 Å². The lowest BCUT2D eigenvalue weighted by Gasteiger charge is -2.31. The van der Waals surface area contributed by atoms with Crippen LogP contribution in [0, 0.1) is 0 Å². The highest BCUT2D eigenvalue weighted by atomic mass is 16.2. The van der Waals surface area contributed by atoms with Gasteiger partial charge in [-0.2, -0.15) is 0 Å². The van der Waals surface area contributed by atoms with E-state index in [4.69, 9.17) is 5.73 Å². The summed E-state index contributed by atoms with van der Waals surface area (Å²) in [6.07, 6.45) is 3.72. The molecule has 1 aromatic heterocycles. The normalized spacial score (nSPS) is 18.8. The van der Waals surface area contributed by atoms with Gasteiger partial charge in [0.05, 0.1) is 12.1 Å². The van der Waals surface area contributed by atoms with E-state index in [-0.39, 0.29) is 18.0 Å². The third-order valence-electron chi connectivity index (χ3n) is 5.54. The summed E-state index contributed by atoms with van der Waals surface area (Å²) in [5, 5.41) is 7.89.